The first-order valence-electron chi connectivity index (χ1n) is 5.48. The number of pyridine rings is 1. The van der Waals surface area contributed by atoms with Crippen molar-refractivity contribution in [3.63, 3.8) is 0 Å². The third kappa shape index (κ3) is 2.88. The molecule has 4 nitrogen and oxygen atoms in total. The molecule has 1 fully saturated rings. The van der Waals surface area contributed by atoms with Crippen molar-refractivity contribution in [2.75, 3.05) is 13.0 Å². The highest BCUT2D eigenvalue weighted by molar-refractivity contribution is 6.28. The molecule has 0 N–H and O–H groups in total. The Bertz CT molecular complexity index is 387. The standard InChI is InChI=1S/C12H14ClNO3/c1-16-9-2-3-12(14-7-9)17-10-4-8(5-10)11(15)6-13/h2-3,7-8,10H,4-6H2,1H3. The van der Waals surface area contributed by atoms with Crippen molar-refractivity contribution in [3.8, 4) is 11.6 Å². The molecule has 1 aromatic rings. The molecule has 0 saturated heterocycles. The van der Waals surface area contributed by atoms with Gasteiger partial charge in [0.1, 0.15) is 11.9 Å². The van der Waals surface area contributed by atoms with E-state index in [1.807, 2.05) is 0 Å². The van der Waals surface area contributed by atoms with Gasteiger partial charge in [-0.15, -0.1) is 11.6 Å². The molecular formula is C12H14ClNO3. The van der Waals surface area contributed by atoms with Gasteiger partial charge in [0.05, 0.1) is 19.2 Å². The third-order valence-electron chi connectivity index (χ3n) is 2.91. The average Bonchev–Trinajstić information content (AvgIpc) is 2.33. The van der Waals surface area contributed by atoms with Gasteiger partial charge in [0.15, 0.2) is 5.78 Å². The van der Waals surface area contributed by atoms with Gasteiger partial charge >= 0.3 is 0 Å². The molecule has 0 atom stereocenters. The molecule has 1 aliphatic carbocycles. The maximum absolute atomic E-state index is 11.3. The van der Waals surface area contributed by atoms with Crippen molar-refractivity contribution in [1.82, 2.24) is 4.98 Å². The summed E-state index contributed by atoms with van der Waals surface area (Å²) in [6, 6.07) is 3.55. The first-order chi connectivity index (χ1) is 8.22. The van der Waals surface area contributed by atoms with E-state index in [1.54, 1.807) is 25.4 Å². The molecule has 0 bridgehead atoms. The smallest absolute Gasteiger partial charge is 0.213 e. The first-order valence-corrected chi connectivity index (χ1v) is 6.01. The Labute approximate surface area is 105 Å². The molecule has 1 aliphatic rings. The van der Waals surface area contributed by atoms with E-state index in [9.17, 15) is 4.79 Å². The van der Waals surface area contributed by atoms with Crippen LogP contribution < -0.4 is 9.47 Å². The minimum Gasteiger partial charge on any atom is -0.495 e. The second-order valence-corrected chi connectivity index (χ2v) is 4.31. The topological polar surface area (TPSA) is 48.4 Å². The molecule has 0 unspecified atom stereocenters. The fraction of sp³-hybridized carbons (Fsp3) is 0.500. The van der Waals surface area contributed by atoms with Crippen molar-refractivity contribution in [2.45, 2.75) is 18.9 Å². The highest BCUT2D eigenvalue weighted by Gasteiger charge is 2.35. The van der Waals surface area contributed by atoms with Gasteiger partial charge in [-0.05, 0) is 18.9 Å². The molecule has 2 rings (SSSR count). The molecule has 92 valence electrons. The number of ketones is 1. The quantitative estimate of drug-likeness (QED) is 0.756. The summed E-state index contributed by atoms with van der Waals surface area (Å²) in [5.74, 6) is 1.52. The SMILES string of the molecule is COc1ccc(OC2CC(C(=O)CCl)C2)nc1. The van der Waals surface area contributed by atoms with Crippen molar-refractivity contribution < 1.29 is 14.3 Å². The lowest BCUT2D eigenvalue weighted by atomic mass is 9.80. The van der Waals surface area contributed by atoms with Crippen LogP contribution in [-0.2, 0) is 4.79 Å². The van der Waals surface area contributed by atoms with Crippen molar-refractivity contribution >= 4 is 17.4 Å². The number of rotatable bonds is 5. The largest absolute Gasteiger partial charge is 0.495 e. The average molecular weight is 256 g/mol. The Hall–Kier alpha value is -1.29. The fourth-order valence-electron chi connectivity index (χ4n) is 1.76. The molecule has 0 aliphatic heterocycles. The number of hydrogen-bond acceptors (Lipinski definition) is 4. The lowest BCUT2D eigenvalue weighted by molar-refractivity contribution is -0.125. The molecule has 0 amide bonds. The summed E-state index contributed by atoms with van der Waals surface area (Å²) in [5, 5.41) is 0. The summed E-state index contributed by atoms with van der Waals surface area (Å²) < 4.78 is 10.6. The van der Waals surface area contributed by atoms with Gasteiger partial charge in [-0.2, -0.15) is 0 Å². The maximum Gasteiger partial charge on any atom is 0.213 e. The zero-order valence-electron chi connectivity index (χ0n) is 9.56. The number of halogens is 1. The molecule has 1 heterocycles. The van der Waals surface area contributed by atoms with E-state index >= 15 is 0 Å². The minimum absolute atomic E-state index is 0.0655. The fourth-order valence-corrected chi connectivity index (χ4v) is 1.98. The van der Waals surface area contributed by atoms with Gasteiger partial charge in [0, 0.05) is 12.0 Å². The molecule has 0 radical (unpaired) electrons. The normalized spacial score (nSPS) is 22.7. The summed E-state index contributed by atoms with van der Waals surface area (Å²) in [5.41, 5.74) is 0. The van der Waals surface area contributed by atoms with E-state index in [-0.39, 0.29) is 23.7 Å². The molecule has 1 saturated carbocycles. The summed E-state index contributed by atoms with van der Waals surface area (Å²) in [4.78, 5) is 15.4. The Kier molecular flexibility index (Phi) is 3.84. The van der Waals surface area contributed by atoms with E-state index in [1.165, 1.54) is 0 Å². The number of nitrogens with zero attached hydrogens (tertiary/aromatic N) is 1. The van der Waals surface area contributed by atoms with E-state index in [4.69, 9.17) is 21.1 Å². The van der Waals surface area contributed by atoms with Crippen LogP contribution in [0.25, 0.3) is 0 Å². The van der Waals surface area contributed by atoms with Gasteiger partial charge in [-0.25, -0.2) is 4.98 Å². The number of carbonyl (C=O) groups excluding carboxylic acids is 1. The van der Waals surface area contributed by atoms with Gasteiger partial charge in [0.2, 0.25) is 5.88 Å². The van der Waals surface area contributed by atoms with Crippen molar-refractivity contribution in [2.24, 2.45) is 5.92 Å². The second kappa shape index (κ2) is 5.36. The number of carbonyl (C=O) groups is 1. The monoisotopic (exact) mass is 255 g/mol. The van der Waals surface area contributed by atoms with Gasteiger partial charge < -0.3 is 9.47 Å². The summed E-state index contributed by atoms with van der Waals surface area (Å²) in [7, 11) is 1.59. The van der Waals surface area contributed by atoms with E-state index < -0.39 is 0 Å². The van der Waals surface area contributed by atoms with Crippen molar-refractivity contribution in [1.29, 1.82) is 0 Å². The first kappa shape index (κ1) is 12.2. The second-order valence-electron chi connectivity index (χ2n) is 4.04. The Morgan fingerprint density at radius 1 is 1.53 bits per heavy atom. The number of aromatic nitrogens is 1. The van der Waals surface area contributed by atoms with Crippen LogP contribution in [0.4, 0.5) is 0 Å². The number of hydrogen-bond donors (Lipinski definition) is 0. The van der Waals surface area contributed by atoms with Crippen LogP contribution in [0.2, 0.25) is 0 Å². The molecule has 0 spiro atoms. The molecule has 17 heavy (non-hydrogen) atoms. The Balaban J connectivity index is 1.81. The predicted octanol–water partition coefficient (Wildman–Crippen LogP) is 2.06. The summed E-state index contributed by atoms with van der Waals surface area (Å²) in [6.07, 6.45) is 3.15. The van der Waals surface area contributed by atoms with Crippen LogP contribution >= 0.6 is 11.6 Å². The van der Waals surface area contributed by atoms with Crippen LogP contribution in [0.1, 0.15) is 12.8 Å². The van der Waals surface area contributed by atoms with E-state index in [0.717, 1.165) is 12.8 Å². The number of ether oxygens (including phenoxy) is 2. The zero-order chi connectivity index (χ0) is 12.3. The van der Waals surface area contributed by atoms with Gasteiger partial charge in [-0.3, -0.25) is 4.79 Å². The maximum atomic E-state index is 11.3. The Morgan fingerprint density at radius 2 is 2.29 bits per heavy atom. The minimum atomic E-state index is 0.0655. The van der Waals surface area contributed by atoms with E-state index in [0.29, 0.717) is 11.6 Å². The molecule has 1 aromatic heterocycles. The van der Waals surface area contributed by atoms with Gasteiger partial charge in [0.25, 0.3) is 0 Å². The number of Topliss-reactive ketones (excluding diaryl/α,β-unsaturated/α-hetero) is 1. The number of alkyl halides is 1. The lowest BCUT2D eigenvalue weighted by Crippen LogP contribution is -2.38. The summed E-state index contributed by atoms with van der Waals surface area (Å²) in [6.45, 7) is 0. The van der Waals surface area contributed by atoms with Crippen LogP contribution in [0, 0.1) is 5.92 Å². The highest BCUT2D eigenvalue weighted by atomic mass is 35.5. The third-order valence-corrected chi connectivity index (χ3v) is 3.18. The molecular weight excluding hydrogens is 242 g/mol. The molecule has 5 heteroatoms. The number of methoxy groups -OCH3 is 1. The molecule has 0 aromatic carbocycles. The Morgan fingerprint density at radius 3 is 2.82 bits per heavy atom. The predicted molar refractivity (Wildman–Crippen MR) is 63.7 cm³/mol. The van der Waals surface area contributed by atoms with Gasteiger partial charge in [-0.1, -0.05) is 0 Å². The van der Waals surface area contributed by atoms with Crippen molar-refractivity contribution in [3.05, 3.63) is 18.3 Å². The van der Waals surface area contributed by atoms with Crippen LogP contribution in [0.5, 0.6) is 11.6 Å². The summed E-state index contributed by atoms with van der Waals surface area (Å²) >= 11 is 5.48. The van der Waals surface area contributed by atoms with E-state index in [2.05, 4.69) is 4.98 Å². The van der Waals surface area contributed by atoms with Crippen LogP contribution in [0.15, 0.2) is 18.3 Å². The zero-order valence-corrected chi connectivity index (χ0v) is 10.3. The highest BCUT2D eigenvalue weighted by Crippen LogP contribution is 2.31. The lowest BCUT2D eigenvalue weighted by Gasteiger charge is -2.33. The van der Waals surface area contributed by atoms with Crippen LogP contribution in [-0.4, -0.2) is 29.9 Å². The van der Waals surface area contributed by atoms with Crippen LogP contribution in [0.3, 0.4) is 0 Å².